The van der Waals surface area contributed by atoms with Gasteiger partial charge < -0.3 is 15.1 Å². The van der Waals surface area contributed by atoms with Gasteiger partial charge in [-0.2, -0.15) is 0 Å². The number of hydrogen-bond donors (Lipinski definition) is 1. The van der Waals surface area contributed by atoms with Crippen molar-refractivity contribution in [2.45, 2.75) is 63.8 Å². The van der Waals surface area contributed by atoms with Crippen molar-refractivity contribution in [3.05, 3.63) is 35.9 Å². The third-order valence-corrected chi connectivity index (χ3v) is 7.34. The summed E-state index contributed by atoms with van der Waals surface area (Å²) < 4.78 is 0. The summed E-state index contributed by atoms with van der Waals surface area (Å²) in [5, 5.41) is 3.20. The summed E-state index contributed by atoms with van der Waals surface area (Å²) in [5.74, 6) is 0.949. The van der Waals surface area contributed by atoms with Crippen molar-refractivity contribution in [2.24, 2.45) is 11.8 Å². The predicted octanol–water partition coefficient (Wildman–Crippen LogP) is 3.70. The third-order valence-electron chi connectivity index (χ3n) is 7.34. The molecule has 0 bridgehead atoms. The van der Waals surface area contributed by atoms with Gasteiger partial charge in [0.1, 0.15) is 0 Å². The topological polar surface area (TPSA) is 52.7 Å². The summed E-state index contributed by atoms with van der Waals surface area (Å²) in [6.07, 6.45) is 10.6. The van der Waals surface area contributed by atoms with Gasteiger partial charge in [0.05, 0.1) is 5.92 Å². The highest BCUT2D eigenvalue weighted by Gasteiger charge is 2.39. The molecule has 0 aromatic heterocycles. The van der Waals surface area contributed by atoms with Gasteiger partial charge in [0.2, 0.25) is 5.91 Å². The molecule has 164 valence electrons. The second-order valence-electron chi connectivity index (χ2n) is 9.42. The van der Waals surface area contributed by atoms with Gasteiger partial charge in [0.25, 0.3) is 5.91 Å². The number of carbonyl (C=O) groups excluding carboxylic acids is 2. The van der Waals surface area contributed by atoms with E-state index in [2.05, 4.69) is 10.2 Å². The Morgan fingerprint density at radius 1 is 0.900 bits per heavy atom. The summed E-state index contributed by atoms with van der Waals surface area (Å²) in [4.78, 5) is 30.9. The van der Waals surface area contributed by atoms with Crippen molar-refractivity contribution in [3.8, 4) is 0 Å². The van der Waals surface area contributed by atoms with Crippen LogP contribution in [0.2, 0.25) is 0 Å². The first-order valence-corrected chi connectivity index (χ1v) is 12.1. The van der Waals surface area contributed by atoms with Gasteiger partial charge in [0, 0.05) is 37.8 Å². The highest BCUT2D eigenvalue weighted by molar-refractivity contribution is 5.95. The Morgan fingerprint density at radius 3 is 2.50 bits per heavy atom. The maximum atomic E-state index is 13.4. The lowest BCUT2D eigenvalue weighted by Crippen LogP contribution is -2.47. The molecule has 2 amide bonds. The molecule has 5 heteroatoms. The zero-order valence-electron chi connectivity index (χ0n) is 18.2. The predicted molar refractivity (Wildman–Crippen MR) is 119 cm³/mol. The molecule has 3 aliphatic rings. The minimum absolute atomic E-state index is 0.0302. The molecule has 2 unspecified atom stereocenters. The van der Waals surface area contributed by atoms with E-state index in [0.29, 0.717) is 0 Å². The highest BCUT2D eigenvalue weighted by atomic mass is 16.2. The Bertz CT molecular complexity index is 702. The van der Waals surface area contributed by atoms with Crippen LogP contribution in [-0.2, 0) is 4.79 Å². The lowest BCUT2D eigenvalue weighted by molar-refractivity contribution is -0.126. The number of nitrogens with one attached hydrogen (secondary N) is 1. The lowest BCUT2D eigenvalue weighted by atomic mass is 9.89. The molecule has 0 radical (unpaired) electrons. The van der Waals surface area contributed by atoms with Gasteiger partial charge >= 0.3 is 0 Å². The molecule has 2 atom stereocenters. The minimum atomic E-state index is -0.0671. The van der Waals surface area contributed by atoms with Crippen LogP contribution < -0.4 is 5.32 Å². The normalized spacial score (nSPS) is 27.2. The summed E-state index contributed by atoms with van der Waals surface area (Å²) in [7, 11) is 0. The molecule has 3 fully saturated rings. The van der Waals surface area contributed by atoms with Crippen LogP contribution in [0.25, 0.3) is 0 Å². The van der Waals surface area contributed by atoms with Gasteiger partial charge in [0.15, 0.2) is 0 Å². The van der Waals surface area contributed by atoms with E-state index in [-0.39, 0.29) is 23.8 Å². The number of amides is 2. The molecule has 30 heavy (non-hydrogen) atoms. The van der Waals surface area contributed by atoms with E-state index >= 15 is 0 Å². The Hall–Kier alpha value is -1.88. The number of fused-ring (bicyclic) bond motifs is 1. The van der Waals surface area contributed by atoms with Gasteiger partial charge in [-0.05, 0) is 56.7 Å². The van der Waals surface area contributed by atoms with Crippen molar-refractivity contribution in [1.82, 2.24) is 15.1 Å². The largest absolute Gasteiger partial charge is 0.355 e. The summed E-state index contributed by atoms with van der Waals surface area (Å²) >= 11 is 0. The summed E-state index contributed by atoms with van der Waals surface area (Å²) in [6.45, 7) is 4.52. The Morgan fingerprint density at radius 2 is 1.70 bits per heavy atom. The van der Waals surface area contributed by atoms with E-state index in [1.807, 2.05) is 35.2 Å². The lowest BCUT2D eigenvalue weighted by Gasteiger charge is -2.33. The van der Waals surface area contributed by atoms with Gasteiger partial charge in [-0.15, -0.1) is 0 Å². The SMILES string of the molecule is O=C1NCCN(CC2CCCCC2)CCCN(C(=O)c2ccccc2)C2CCCC12. The molecule has 1 heterocycles. The molecule has 2 saturated carbocycles. The molecule has 1 N–H and O–H groups in total. The molecule has 1 aromatic rings. The standard InChI is InChI=1S/C25H37N3O2/c29-24-22-13-7-14-23(22)28(25(30)21-11-5-2-6-12-21)17-8-16-27(18-15-26-24)19-20-9-3-1-4-10-20/h2,5-6,11-12,20,22-23H,1,3-4,7-10,13-19H2,(H,26,29). The Kier molecular flexibility index (Phi) is 7.42. The van der Waals surface area contributed by atoms with Crippen molar-refractivity contribution < 1.29 is 9.59 Å². The summed E-state index contributed by atoms with van der Waals surface area (Å²) in [6, 6.07) is 9.61. The van der Waals surface area contributed by atoms with E-state index in [0.717, 1.165) is 69.9 Å². The van der Waals surface area contributed by atoms with E-state index in [1.165, 1.54) is 32.1 Å². The van der Waals surface area contributed by atoms with Crippen LogP contribution in [0.15, 0.2) is 30.3 Å². The number of benzene rings is 1. The highest BCUT2D eigenvalue weighted by Crippen LogP contribution is 2.32. The fourth-order valence-corrected chi connectivity index (χ4v) is 5.75. The zero-order valence-corrected chi connectivity index (χ0v) is 18.2. The summed E-state index contributed by atoms with van der Waals surface area (Å²) in [5.41, 5.74) is 0.734. The smallest absolute Gasteiger partial charge is 0.254 e. The molecule has 4 rings (SSSR count). The molecule has 0 spiro atoms. The van der Waals surface area contributed by atoms with E-state index in [4.69, 9.17) is 0 Å². The third kappa shape index (κ3) is 5.23. The van der Waals surface area contributed by atoms with Crippen LogP contribution in [0.5, 0.6) is 0 Å². The second kappa shape index (κ2) is 10.4. The maximum Gasteiger partial charge on any atom is 0.254 e. The Balaban J connectivity index is 1.48. The number of nitrogens with zero attached hydrogens (tertiary/aromatic N) is 2. The van der Waals surface area contributed by atoms with Crippen LogP contribution in [0.1, 0.15) is 68.1 Å². The molecular weight excluding hydrogens is 374 g/mol. The van der Waals surface area contributed by atoms with Crippen LogP contribution >= 0.6 is 0 Å². The molecule has 5 nitrogen and oxygen atoms in total. The zero-order chi connectivity index (χ0) is 20.8. The van der Waals surface area contributed by atoms with Crippen molar-refractivity contribution in [2.75, 3.05) is 32.7 Å². The number of rotatable bonds is 3. The van der Waals surface area contributed by atoms with Gasteiger partial charge in [-0.1, -0.05) is 43.9 Å². The van der Waals surface area contributed by atoms with Crippen LogP contribution in [-0.4, -0.2) is 60.4 Å². The monoisotopic (exact) mass is 411 g/mol. The number of hydrogen-bond acceptors (Lipinski definition) is 3. The average molecular weight is 412 g/mol. The van der Waals surface area contributed by atoms with E-state index < -0.39 is 0 Å². The molecule has 1 saturated heterocycles. The minimum Gasteiger partial charge on any atom is -0.355 e. The van der Waals surface area contributed by atoms with Gasteiger partial charge in [-0.3, -0.25) is 9.59 Å². The quantitative estimate of drug-likeness (QED) is 0.825. The van der Waals surface area contributed by atoms with Crippen molar-refractivity contribution in [3.63, 3.8) is 0 Å². The average Bonchev–Trinajstić information content (AvgIpc) is 3.26. The van der Waals surface area contributed by atoms with E-state index in [1.54, 1.807) is 0 Å². The van der Waals surface area contributed by atoms with Crippen LogP contribution in [0, 0.1) is 11.8 Å². The van der Waals surface area contributed by atoms with Crippen LogP contribution in [0.4, 0.5) is 0 Å². The molecule has 1 aromatic carbocycles. The van der Waals surface area contributed by atoms with E-state index in [9.17, 15) is 9.59 Å². The molecular formula is C25H37N3O2. The maximum absolute atomic E-state index is 13.4. The molecule has 2 aliphatic carbocycles. The first kappa shape index (κ1) is 21.4. The first-order chi connectivity index (χ1) is 14.7. The van der Waals surface area contributed by atoms with Crippen LogP contribution in [0.3, 0.4) is 0 Å². The number of carbonyl (C=O) groups is 2. The Labute approximate surface area is 181 Å². The first-order valence-electron chi connectivity index (χ1n) is 12.1. The van der Waals surface area contributed by atoms with Crippen molar-refractivity contribution in [1.29, 1.82) is 0 Å². The van der Waals surface area contributed by atoms with Crippen molar-refractivity contribution >= 4 is 11.8 Å². The fraction of sp³-hybridized carbons (Fsp3) is 0.680. The van der Waals surface area contributed by atoms with Gasteiger partial charge in [-0.25, -0.2) is 0 Å². The second-order valence-corrected chi connectivity index (χ2v) is 9.42. The molecule has 1 aliphatic heterocycles. The fourth-order valence-electron chi connectivity index (χ4n) is 5.75.